The van der Waals surface area contributed by atoms with Crippen LogP contribution < -0.4 is 0 Å². The Kier molecular flexibility index (Phi) is 7.08. The maximum absolute atomic E-state index is 13.0. The Labute approximate surface area is 189 Å². The highest BCUT2D eigenvalue weighted by Gasteiger charge is 2.32. The first-order chi connectivity index (χ1) is 15.0. The Hall–Kier alpha value is -2.18. The number of carbonyl (C=O) groups is 2. The van der Waals surface area contributed by atoms with Crippen LogP contribution in [0.2, 0.25) is 0 Å². The van der Waals surface area contributed by atoms with Crippen molar-refractivity contribution in [3.63, 3.8) is 0 Å². The van der Waals surface area contributed by atoms with Gasteiger partial charge >= 0.3 is 0 Å². The quantitative estimate of drug-likeness (QED) is 0.705. The lowest BCUT2D eigenvalue weighted by Gasteiger charge is -2.38. The number of piperazine rings is 1. The summed E-state index contributed by atoms with van der Waals surface area (Å²) in [5.74, 6) is 1.01. The molecule has 31 heavy (non-hydrogen) atoms. The van der Waals surface area contributed by atoms with Crippen molar-refractivity contribution >= 4 is 23.2 Å². The second kappa shape index (κ2) is 9.96. The summed E-state index contributed by atoms with van der Waals surface area (Å²) in [6, 6.07) is 12.7. The van der Waals surface area contributed by atoms with Crippen LogP contribution in [0.3, 0.4) is 0 Å². The van der Waals surface area contributed by atoms with Crippen LogP contribution in [0.4, 0.5) is 0 Å². The van der Waals surface area contributed by atoms with E-state index >= 15 is 0 Å². The molecule has 0 bridgehead atoms. The highest BCUT2D eigenvalue weighted by molar-refractivity contribution is 7.12. The Balaban J connectivity index is 1.22. The van der Waals surface area contributed by atoms with Crippen LogP contribution in [0.25, 0.3) is 0 Å². The van der Waals surface area contributed by atoms with E-state index in [9.17, 15) is 9.59 Å². The largest absolute Gasteiger partial charge is 0.340 e. The molecule has 0 saturated carbocycles. The van der Waals surface area contributed by atoms with E-state index in [0.717, 1.165) is 50.4 Å². The molecular weight excluding hydrogens is 406 g/mol. The predicted molar refractivity (Wildman–Crippen MR) is 125 cm³/mol. The van der Waals surface area contributed by atoms with Gasteiger partial charge in [0.15, 0.2) is 0 Å². The SMILES string of the molecule is CC(C)c1ccc(CN2CCN(C(=O)C3CCN(C(=O)c4cccs4)CC3)CC2)cc1. The van der Waals surface area contributed by atoms with Crippen molar-refractivity contribution in [2.45, 2.75) is 39.2 Å². The summed E-state index contributed by atoms with van der Waals surface area (Å²) >= 11 is 1.49. The van der Waals surface area contributed by atoms with E-state index in [4.69, 9.17) is 0 Å². The molecule has 2 aromatic rings. The smallest absolute Gasteiger partial charge is 0.263 e. The molecule has 0 N–H and O–H groups in total. The van der Waals surface area contributed by atoms with Crippen molar-refractivity contribution in [3.8, 4) is 0 Å². The van der Waals surface area contributed by atoms with E-state index in [2.05, 4.69) is 43.0 Å². The summed E-state index contributed by atoms with van der Waals surface area (Å²) < 4.78 is 0. The molecule has 1 aromatic carbocycles. The van der Waals surface area contributed by atoms with Gasteiger partial charge in [-0.1, -0.05) is 44.2 Å². The third-order valence-electron chi connectivity index (χ3n) is 6.60. The minimum absolute atomic E-state index is 0.0579. The van der Waals surface area contributed by atoms with Crippen LogP contribution in [0.1, 0.15) is 53.4 Å². The zero-order valence-electron chi connectivity index (χ0n) is 18.6. The van der Waals surface area contributed by atoms with E-state index in [-0.39, 0.29) is 17.7 Å². The number of carbonyl (C=O) groups excluding carboxylic acids is 2. The number of rotatable bonds is 5. The van der Waals surface area contributed by atoms with Crippen LogP contribution in [0.5, 0.6) is 0 Å². The van der Waals surface area contributed by atoms with Crippen LogP contribution in [-0.4, -0.2) is 65.8 Å². The van der Waals surface area contributed by atoms with Crippen molar-refractivity contribution in [1.29, 1.82) is 0 Å². The average Bonchev–Trinajstić information content (AvgIpc) is 3.34. The van der Waals surface area contributed by atoms with Crippen LogP contribution in [0, 0.1) is 5.92 Å². The first-order valence-corrected chi connectivity index (χ1v) is 12.3. The van der Waals surface area contributed by atoms with Crippen molar-refractivity contribution in [1.82, 2.24) is 14.7 Å². The molecule has 2 aliphatic heterocycles. The van der Waals surface area contributed by atoms with Gasteiger partial charge in [0.05, 0.1) is 4.88 Å². The highest BCUT2D eigenvalue weighted by atomic mass is 32.1. The number of amides is 2. The van der Waals surface area contributed by atoms with Gasteiger partial charge in [-0.25, -0.2) is 0 Å². The molecule has 0 atom stereocenters. The lowest BCUT2D eigenvalue weighted by molar-refractivity contribution is -0.138. The highest BCUT2D eigenvalue weighted by Crippen LogP contribution is 2.23. The number of thiophene rings is 1. The molecule has 2 aliphatic rings. The fourth-order valence-corrected chi connectivity index (χ4v) is 5.23. The number of benzene rings is 1. The van der Waals surface area contributed by atoms with Gasteiger partial charge in [-0.15, -0.1) is 11.3 Å². The molecule has 0 spiro atoms. The van der Waals surface area contributed by atoms with Gasteiger partial charge in [-0.2, -0.15) is 0 Å². The summed E-state index contributed by atoms with van der Waals surface area (Å²) in [7, 11) is 0. The lowest BCUT2D eigenvalue weighted by atomic mass is 9.94. The van der Waals surface area contributed by atoms with Gasteiger partial charge in [-0.3, -0.25) is 14.5 Å². The van der Waals surface area contributed by atoms with Crippen molar-refractivity contribution in [2.24, 2.45) is 5.92 Å². The van der Waals surface area contributed by atoms with Crippen molar-refractivity contribution in [2.75, 3.05) is 39.3 Å². The van der Waals surface area contributed by atoms with Crippen molar-refractivity contribution < 1.29 is 9.59 Å². The molecule has 2 saturated heterocycles. The van der Waals surface area contributed by atoms with Crippen molar-refractivity contribution in [3.05, 3.63) is 57.8 Å². The number of piperidine rings is 1. The predicted octanol–water partition coefficient (Wildman–Crippen LogP) is 4.07. The number of nitrogens with zero attached hydrogens (tertiary/aromatic N) is 3. The second-order valence-electron chi connectivity index (χ2n) is 9.04. The Morgan fingerprint density at radius 1 is 0.935 bits per heavy atom. The zero-order valence-corrected chi connectivity index (χ0v) is 19.4. The molecule has 0 unspecified atom stereocenters. The molecule has 5 nitrogen and oxygen atoms in total. The van der Waals surface area contributed by atoms with Gasteiger partial charge in [-0.05, 0) is 41.3 Å². The molecule has 3 heterocycles. The topological polar surface area (TPSA) is 43.9 Å². The summed E-state index contributed by atoms with van der Waals surface area (Å²) in [5.41, 5.74) is 2.72. The normalized spacial score (nSPS) is 18.5. The third kappa shape index (κ3) is 5.36. The molecular formula is C25H33N3O2S. The van der Waals surface area contributed by atoms with Gasteiger partial charge in [0, 0.05) is 51.7 Å². The number of hydrogen-bond acceptors (Lipinski definition) is 4. The minimum atomic E-state index is 0.0579. The Bertz CT molecular complexity index is 863. The summed E-state index contributed by atoms with van der Waals surface area (Å²) in [6.45, 7) is 10.2. The third-order valence-corrected chi connectivity index (χ3v) is 7.46. The number of hydrogen-bond donors (Lipinski definition) is 0. The fraction of sp³-hybridized carbons (Fsp3) is 0.520. The van der Waals surface area contributed by atoms with E-state index in [1.54, 1.807) is 0 Å². The lowest BCUT2D eigenvalue weighted by Crippen LogP contribution is -2.51. The molecule has 2 amide bonds. The van der Waals surface area contributed by atoms with Gasteiger partial charge in [0.2, 0.25) is 5.91 Å². The average molecular weight is 440 g/mol. The first kappa shape index (κ1) is 22.0. The summed E-state index contributed by atoms with van der Waals surface area (Å²) in [4.78, 5) is 32.7. The van der Waals surface area contributed by atoms with E-state index in [0.29, 0.717) is 19.0 Å². The van der Waals surface area contributed by atoms with E-state index in [1.807, 2.05) is 27.3 Å². The maximum atomic E-state index is 13.0. The molecule has 166 valence electrons. The molecule has 0 aliphatic carbocycles. The van der Waals surface area contributed by atoms with Gasteiger partial charge in [0.1, 0.15) is 0 Å². The molecule has 2 fully saturated rings. The second-order valence-corrected chi connectivity index (χ2v) is 9.99. The van der Waals surface area contributed by atoms with Gasteiger partial charge in [0.25, 0.3) is 5.91 Å². The maximum Gasteiger partial charge on any atom is 0.263 e. The number of likely N-dealkylation sites (tertiary alicyclic amines) is 1. The standard InChI is InChI=1S/C25H33N3O2S/c1-19(2)21-7-5-20(6-8-21)18-26-13-15-28(16-14-26)24(29)22-9-11-27(12-10-22)25(30)23-4-3-17-31-23/h3-8,17,19,22H,9-16,18H2,1-2H3. The van der Waals surface area contributed by atoms with Crippen LogP contribution in [0.15, 0.2) is 41.8 Å². The van der Waals surface area contributed by atoms with E-state index < -0.39 is 0 Å². The van der Waals surface area contributed by atoms with Crippen LogP contribution >= 0.6 is 11.3 Å². The molecule has 0 radical (unpaired) electrons. The summed E-state index contributed by atoms with van der Waals surface area (Å²) in [5, 5.41) is 1.93. The monoisotopic (exact) mass is 439 g/mol. The van der Waals surface area contributed by atoms with Gasteiger partial charge < -0.3 is 9.80 Å². The molecule has 6 heteroatoms. The Morgan fingerprint density at radius 3 is 2.19 bits per heavy atom. The minimum Gasteiger partial charge on any atom is -0.340 e. The zero-order chi connectivity index (χ0) is 21.8. The van der Waals surface area contributed by atoms with E-state index in [1.165, 1.54) is 22.5 Å². The Morgan fingerprint density at radius 2 is 1.61 bits per heavy atom. The summed E-state index contributed by atoms with van der Waals surface area (Å²) in [6.07, 6.45) is 1.55. The molecule has 4 rings (SSSR count). The fourth-order valence-electron chi connectivity index (χ4n) is 4.54. The molecule has 1 aromatic heterocycles. The van der Waals surface area contributed by atoms with Crippen LogP contribution in [-0.2, 0) is 11.3 Å². The first-order valence-electron chi connectivity index (χ1n) is 11.4.